The summed E-state index contributed by atoms with van der Waals surface area (Å²) in [7, 11) is 0. The molecule has 1 rings (SSSR count). The summed E-state index contributed by atoms with van der Waals surface area (Å²) in [5.41, 5.74) is 0. The average molecular weight is 300 g/mol. The van der Waals surface area contributed by atoms with E-state index >= 15 is 0 Å². The van der Waals surface area contributed by atoms with Crippen LogP contribution in [0.4, 0.5) is 0 Å². The number of aliphatic hydroxyl groups is 4. The molecule has 16 heavy (non-hydrogen) atoms. The van der Waals surface area contributed by atoms with Crippen LogP contribution in [0.15, 0.2) is 0 Å². The molecule has 1 heterocycles. The van der Waals surface area contributed by atoms with E-state index in [1.165, 1.54) is 0 Å². The normalized spacial score (nSPS) is 39.4. The van der Waals surface area contributed by atoms with Gasteiger partial charge in [-0.1, -0.05) is 15.9 Å². The highest BCUT2D eigenvalue weighted by Gasteiger charge is 2.44. The zero-order valence-corrected chi connectivity index (χ0v) is 9.87. The molecule has 0 spiro atoms. The van der Waals surface area contributed by atoms with Gasteiger partial charge in [-0.2, -0.15) is 0 Å². The summed E-state index contributed by atoms with van der Waals surface area (Å²) in [4.78, 5) is 11.1. The Bertz CT molecular complexity index is 253. The first-order valence-electron chi connectivity index (χ1n) is 4.67. The molecule has 1 amide bonds. The number of amides is 1. The molecule has 1 fully saturated rings. The smallest absolute Gasteiger partial charge is 0.231 e. The number of alkyl halides is 1. The Balaban J connectivity index is 2.67. The summed E-state index contributed by atoms with van der Waals surface area (Å²) in [6, 6.07) is -1.12. The molecule has 0 saturated carbocycles. The van der Waals surface area contributed by atoms with Crippen LogP contribution < -0.4 is 5.32 Å². The van der Waals surface area contributed by atoms with Gasteiger partial charge in [0, 0.05) is 0 Å². The topological polar surface area (TPSA) is 119 Å². The molecule has 0 aliphatic carbocycles. The molecule has 5 atom stereocenters. The van der Waals surface area contributed by atoms with Crippen LogP contribution >= 0.6 is 15.9 Å². The Kier molecular flexibility index (Phi) is 5.09. The number of carbonyl (C=O) groups excluding carboxylic acids is 1. The number of hydrogen-bond acceptors (Lipinski definition) is 6. The van der Waals surface area contributed by atoms with E-state index in [1.54, 1.807) is 0 Å². The van der Waals surface area contributed by atoms with Crippen molar-refractivity contribution in [3.63, 3.8) is 0 Å². The van der Waals surface area contributed by atoms with Crippen molar-refractivity contribution in [1.29, 1.82) is 0 Å². The minimum Gasteiger partial charge on any atom is -0.394 e. The van der Waals surface area contributed by atoms with Crippen molar-refractivity contribution in [3.8, 4) is 0 Å². The van der Waals surface area contributed by atoms with Crippen LogP contribution in [0.5, 0.6) is 0 Å². The van der Waals surface area contributed by atoms with Gasteiger partial charge in [0.05, 0.1) is 11.9 Å². The second kappa shape index (κ2) is 5.89. The van der Waals surface area contributed by atoms with Crippen molar-refractivity contribution < 1.29 is 30.0 Å². The van der Waals surface area contributed by atoms with E-state index in [0.717, 1.165) is 0 Å². The molecule has 1 saturated heterocycles. The lowest BCUT2D eigenvalue weighted by molar-refractivity contribution is -0.253. The van der Waals surface area contributed by atoms with E-state index in [1.807, 2.05) is 0 Å². The van der Waals surface area contributed by atoms with Crippen molar-refractivity contribution in [1.82, 2.24) is 5.32 Å². The summed E-state index contributed by atoms with van der Waals surface area (Å²) in [6.45, 7) is -0.533. The number of rotatable bonds is 3. The maximum absolute atomic E-state index is 11.1. The first-order chi connectivity index (χ1) is 7.51. The van der Waals surface area contributed by atoms with Gasteiger partial charge < -0.3 is 30.5 Å². The summed E-state index contributed by atoms with van der Waals surface area (Å²) in [5, 5.41) is 39.7. The average Bonchev–Trinajstić information content (AvgIpc) is 2.28. The minimum atomic E-state index is -1.47. The van der Waals surface area contributed by atoms with Crippen LogP contribution in [0.3, 0.4) is 0 Å². The third-order valence-electron chi connectivity index (χ3n) is 2.35. The van der Waals surface area contributed by atoms with E-state index in [2.05, 4.69) is 21.2 Å². The third-order valence-corrected chi connectivity index (χ3v) is 2.86. The molecule has 94 valence electrons. The molecule has 0 unspecified atom stereocenters. The van der Waals surface area contributed by atoms with Crippen LogP contribution in [0.2, 0.25) is 0 Å². The van der Waals surface area contributed by atoms with Gasteiger partial charge in [0.1, 0.15) is 24.4 Å². The minimum absolute atomic E-state index is 0.00244. The fourth-order valence-corrected chi connectivity index (χ4v) is 1.64. The highest BCUT2D eigenvalue weighted by Crippen LogP contribution is 2.19. The second-order valence-corrected chi connectivity index (χ2v) is 4.02. The number of nitrogens with one attached hydrogen (secondary N) is 1. The lowest BCUT2D eigenvalue weighted by atomic mass is 9.97. The maximum atomic E-state index is 11.1. The second-order valence-electron chi connectivity index (χ2n) is 3.46. The van der Waals surface area contributed by atoms with Gasteiger partial charge in [0.25, 0.3) is 0 Å². The lowest BCUT2D eigenvalue weighted by Crippen LogP contribution is -2.64. The molecule has 5 N–H and O–H groups in total. The monoisotopic (exact) mass is 299 g/mol. The predicted molar refractivity (Wildman–Crippen MR) is 55.7 cm³/mol. The van der Waals surface area contributed by atoms with E-state index in [0.29, 0.717) is 0 Å². The van der Waals surface area contributed by atoms with Crippen LogP contribution in [0, 0.1) is 0 Å². The van der Waals surface area contributed by atoms with E-state index < -0.39 is 43.2 Å². The quantitative estimate of drug-likeness (QED) is 0.362. The molecule has 0 bridgehead atoms. The van der Waals surface area contributed by atoms with Crippen LogP contribution in [0.1, 0.15) is 0 Å². The van der Waals surface area contributed by atoms with Crippen molar-refractivity contribution in [3.05, 3.63) is 0 Å². The van der Waals surface area contributed by atoms with Crippen molar-refractivity contribution in [2.45, 2.75) is 30.6 Å². The van der Waals surface area contributed by atoms with Gasteiger partial charge in [0.15, 0.2) is 6.29 Å². The molecule has 8 heteroatoms. The summed E-state index contributed by atoms with van der Waals surface area (Å²) < 4.78 is 4.84. The van der Waals surface area contributed by atoms with Gasteiger partial charge in [-0.3, -0.25) is 4.79 Å². The zero-order chi connectivity index (χ0) is 12.3. The van der Waals surface area contributed by atoms with E-state index in [4.69, 9.17) is 9.84 Å². The molecular weight excluding hydrogens is 286 g/mol. The van der Waals surface area contributed by atoms with Crippen LogP contribution in [-0.2, 0) is 9.53 Å². The Hall–Kier alpha value is -0.250. The van der Waals surface area contributed by atoms with Gasteiger partial charge in [-0.15, -0.1) is 0 Å². The Morgan fingerprint density at radius 3 is 2.44 bits per heavy atom. The van der Waals surface area contributed by atoms with Crippen molar-refractivity contribution in [2.75, 3.05) is 11.9 Å². The highest BCUT2D eigenvalue weighted by molar-refractivity contribution is 9.09. The molecular formula is C8H14BrNO6. The van der Waals surface area contributed by atoms with E-state index in [9.17, 15) is 20.1 Å². The molecule has 0 aromatic heterocycles. The Morgan fingerprint density at radius 1 is 1.31 bits per heavy atom. The Morgan fingerprint density at radius 2 is 1.94 bits per heavy atom. The third kappa shape index (κ3) is 2.90. The summed E-state index contributed by atoms with van der Waals surface area (Å²) in [6.07, 6.45) is -5.31. The first kappa shape index (κ1) is 13.8. The standard InChI is InChI=1S/C8H14BrNO6/c9-1-4(12)10-5-7(14)6(13)3(2-11)16-8(5)15/h3,5-8,11,13-15H,1-2H2,(H,10,12)/t3-,5-,6+,7-,8-/m1/s1. The Labute approximate surface area is 100 Å². The molecule has 0 aromatic rings. The first-order valence-corrected chi connectivity index (χ1v) is 5.79. The number of ether oxygens (including phenoxy) is 1. The summed E-state index contributed by atoms with van der Waals surface area (Å²) >= 11 is 2.90. The van der Waals surface area contributed by atoms with Crippen LogP contribution in [-0.4, -0.2) is 68.9 Å². The lowest BCUT2D eigenvalue weighted by Gasteiger charge is -2.40. The maximum Gasteiger partial charge on any atom is 0.231 e. The highest BCUT2D eigenvalue weighted by atomic mass is 79.9. The fourth-order valence-electron chi connectivity index (χ4n) is 1.48. The van der Waals surface area contributed by atoms with Gasteiger partial charge in [-0.05, 0) is 0 Å². The SMILES string of the molecule is O=C(CBr)N[C@@H]1[C@@H](O)[C@@H](O)[C@@H](CO)O[C@H]1O. The van der Waals surface area contributed by atoms with Gasteiger partial charge in [0.2, 0.25) is 5.91 Å². The van der Waals surface area contributed by atoms with Crippen LogP contribution in [0.25, 0.3) is 0 Å². The molecule has 7 nitrogen and oxygen atoms in total. The fraction of sp³-hybridized carbons (Fsp3) is 0.875. The number of aliphatic hydroxyl groups excluding tert-OH is 4. The number of carbonyl (C=O) groups is 1. The predicted octanol–water partition coefficient (Wildman–Crippen LogP) is -2.70. The molecule has 1 aliphatic heterocycles. The van der Waals surface area contributed by atoms with Crippen molar-refractivity contribution >= 4 is 21.8 Å². The van der Waals surface area contributed by atoms with E-state index in [-0.39, 0.29) is 5.33 Å². The summed E-state index contributed by atoms with van der Waals surface area (Å²) in [5.74, 6) is -0.457. The number of halogens is 1. The largest absolute Gasteiger partial charge is 0.394 e. The number of hydrogen-bond donors (Lipinski definition) is 5. The zero-order valence-electron chi connectivity index (χ0n) is 8.28. The van der Waals surface area contributed by atoms with Gasteiger partial charge in [-0.25, -0.2) is 0 Å². The molecule has 1 aliphatic rings. The molecule has 0 aromatic carbocycles. The van der Waals surface area contributed by atoms with Gasteiger partial charge >= 0.3 is 0 Å². The van der Waals surface area contributed by atoms with Crippen molar-refractivity contribution in [2.24, 2.45) is 0 Å². The molecule has 0 radical (unpaired) electrons.